The number of fused-ring (bicyclic) bond motifs is 1. The van der Waals surface area contributed by atoms with E-state index in [0.29, 0.717) is 17.2 Å². The van der Waals surface area contributed by atoms with Gasteiger partial charge >= 0.3 is 11.8 Å². The largest absolute Gasteiger partial charge is 0.423 e. The first kappa shape index (κ1) is 25.5. The molecule has 0 amide bonds. The second-order valence-electron chi connectivity index (χ2n) is 8.12. The first-order valence-electron chi connectivity index (χ1n) is 10.5. The minimum Gasteiger partial charge on any atom is -0.423 e. The Hall–Kier alpha value is -3.57. The monoisotopic (exact) mass is 523 g/mol. The van der Waals surface area contributed by atoms with Crippen LogP contribution in [0.4, 0.5) is 22.0 Å². The van der Waals surface area contributed by atoms with Crippen molar-refractivity contribution in [3.05, 3.63) is 111 Å². The molecule has 0 aliphatic carbocycles. The van der Waals surface area contributed by atoms with Crippen molar-refractivity contribution in [1.29, 1.82) is 0 Å². The van der Waals surface area contributed by atoms with Crippen LogP contribution in [-0.2, 0) is 29.2 Å². The Morgan fingerprint density at radius 1 is 0.889 bits per heavy atom. The highest BCUT2D eigenvalue weighted by Gasteiger charge is 2.34. The van der Waals surface area contributed by atoms with Crippen molar-refractivity contribution >= 4 is 21.0 Å². The summed E-state index contributed by atoms with van der Waals surface area (Å²) in [6.07, 6.45) is -4.57. The summed E-state index contributed by atoms with van der Waals surface area (Å²) in [5.41, 5.74) is -1.38. The third-order valence-corrected chi connectivity index (χ3v) is 6.98. The molecule has 4 aromatic rings. The zero-order valence-electron chi connectivity index (χ0n) is 18.6. The predicted molar refractivity (Wildman–Crippen MR) is 122 cm³/mol. The van der Waals surface area contributed by atoms with Crippen molar-refractivity contribution in [3.8, 4) is 0 Å². The summed E-state index contributed by atoms with van der Waals surface area (Å²) in [6.45, 7) is 0.931. The number of benzene rings is 3. The molecule has 5 nitrogen and oxygen atoms in total. The van der Waals surface area contributed by atoms with Crippen LogP contribution in [0.2, 0.25) is 0 Å². The molecule has 36 heavy (non-hydrogen) atoms. The molecule has 0 fully saturated rings. The summed E-state index contributed by atoms with van der Waals surface area (Å²) in [7, 11) is -4.05. The summed E-state index contributed by atoms with van der Waals surface area (Å²) in [4.78, 5) is 11.3. The fraction of sp³-hybridized carbons (Fsp3) is 0.160. The summed E-state index contributed by atoms with van der Waals surface area (Å²) in [6, 6.07) is 12.6. The molecule has 0 aliphatic rings. The summed E-state index contributed by atoms with van der Waals surface area (Å²) in [5.74, 6) is -2.18. The molecule has 0 atom stereocenters. The maximum absolute atomic E-state index is 14.0. The molecule has 0 aliphatic heterocycles. The van der Waals surface area contributed by atoms with Crippen LogP contribution in [0.5, 0.6) is 0 Å². The highest BCUT2D eigenvalue weighted by atomic mass is 32.2. The topological polar surface area (TPSA) is 76.4 Å². The average molecular weight is 523 g/mol. The number of aryl methyl sites for hydroxylation is 1. The molecular formula is C25H18F5NO4S. The quantitative estimate of drug-likeness (QED) is 0.269. The zero-order valence-corrected chi connectivity index (χ0v) is 19.4. The molecule has 0 unspecified atom stereocenters. The fourth-order valence-electron chi connectivity index (χ4n) is 3.66. The first-order chi connectivity index (χ1) is 16.8. The highest BCUT2D eigenvalue weighted by molar-refractivity contribution is 7.89. The second-order valence-corrected chi connectivity index (χ2v) is 9.89. The van der Waals surface area contributed by atoms with Gasteiger partial charge in [-0.1, -0.05) is 30.3 Å². The third kappa shape index (κ3) is 5.31. The van der Waals surface area contributed by atoms with Gasteiger partial charge in [0.15, 0.2) is 11.6 Å². The Labute approximate surface area is 202 Å². The third-order valence-electron chi connectivity index (χ3n) is 5.56. The van der Waals surface area contributed by atoms with E-state index in [9.17, 15) is 35.2 Å². The van der Waals surface area contributed by atoms with Gasteiger partial charge in [0.2, 0.25) is 10.0 Å². The van der Waals surface area contributed by atoms with Crippen LogP contribution in [0.15, 0.2) is 74.8 Å². The van der Waals surface area contributed by atoms with Crippen LogP contribution >= 0.6 is 0 Å². The minimum absolute atomic E-state index is 0.0975. The molecule has 0 saturated carbocycles. The van der Waals surface area contributed by atoms with Crippen LogP contribution in [0.3, 0.4) is 0 Å². The van der Waals surface area contributed by atoms with E-state index >= 15 is 0 Å². The maximum atomic E-state index is 14.0. The van der Waals surface area contributed by atoms with Gasteiger partial charge < -0.3 is 4.42 Å². The lowest BCUT2D eigenvalue weighted by molar-refractivity contribution is -0.136. The lowest BCUT2D eigenvalue weighted by Crippen LogP contribution is -2.24. The van der Waals surface area contributed by atoms with E-state index in [1.54, 1.807) is 0 Å². The number of alkyl halides is 3. The van der Waals surface area contributed by atoms with Gasteiger partial charge in [-0.2, -0.15) is 13.2 Å². The number of hydrogen-bond donors (Lipinski definition) is 1. The van der Waals surface area contributed by atoms with Gasteiger partial charge in [0.25, 0.3) is 0 Å². The molecule has 4 rings (SSSR count). The molecule has 0 radical (unpaired) electrons. The standard InChI is InChI=1S/C25H18F5NO4S/c1-14-2-6-17(24(27)23(14)26)13-31-36(33,34)18-7-3-15(4-8-18)10-16-5-9-21-19(11-16)20(25(28,29)30)12-22(32)35-21/h2-9,11-12,31H,10,13H2,1H3. The number of halogens is 5. The summed E-state index contributed by atoms with van der Waals surface area (Å²) in [5, 5.41) is -0.261. The molecule has 1 N–H and O–H groups in total. The Balaban J connectivity index is 1.53. The van der Waals surface area contributed by atoms with Crippen molar-refractivity contribution in [2.45, 2.75) is 31.0 Å². The normalized spacial score (nSPS) is 12.3. The first-order valence-corrected chi connectivity index (χ1v) is 12.0. The molecule has 1 heterocycles. The SMILES string of the molecule is Cc1ccc(CNS(=O)(=O)c2ccc(Cc3ccc4oc(=O)cc(C(F)(F)F)c4c3)cc2)c(F)c1F. The highest BCUT2D eigenvalue weighted by Crippen LogP contribution is 2.34. The molecule has 3 aromatic carbocycles. The van der Waals surface area contributed by atoms with Gasteiger partial charge in [0.1, 0.15) is 5.58 Å². The molecule has 0 bridgehead atoms. The van der Waals surface area contributed by atoms with Gasteiger partial charge in [-0.05, 0) is 54.3 Å². The Bertz CT molecular complexity index is 1610. The Morgan fingerprint density at radius 3 is 2.22 bits per heavy atom. The zero-order chi connectivity index (χ0) is 26.3. The van der Waals surface area contributed by atoms with E-state index in [4.69, 9.17) is 4.42 Å². The number of hydrogen-bond acceptors (Lipinski definition) is 4. The lowest BCUT2D eigenvalue weighted by Gasteiger charge is -2.11. The van der Waals surface area contributed by atoms with Crippen LogP contribution < -0.4 is 10.3 Å². The molecule has 11 heteroatoms. The molecule has 0 saturated heterocycles. The minimum atomic E-state index is -4.75. The van der Waals surface area contributed by atoms with E-state index in [1.807, 2.05) is 0 Å². The van der Waals surface area contributed by atoms with Crippen molar-refractivity contribution in [2.24, 2.45) is 0 Å². The Morgan fingerprint density at radius 2 is 1.56 bits per heavy atom. The van der Waals surface area contributed by atoms with Crippen LogP contribution in [0, 0.1) is 18.6 Å². The molecule has 188 valence electrons. The van der Waals surface area contributed by atoms with Gasteiger partial charge in [-0.15, -0.1) is 0 Å². The summed E-state index contributed by atoms with van der Waals surface area (Å²) < 4.78 is 100. The smallest absolute Gasteiger partial charge is 0.417 e. The lowest BCUT2D eigenvalue weighted by atomic mass is 10.0. The van der Waals surface area contributed by atoms with E-state index in [2.05, 4.69) is 4.72 Å². The van der Waals surface area contributed by atoms with E-state index in [-0.39, 0.29) is 33.4 Å². The van der Waals surface area contributed by atoms with Crippen molar-refractivity contribution in [2.75, 3.05) is 0 Å². The van der Waals surface area contributed by atoms with Gasteiger partial charge in [0, 0.05) is 23.6 Å². The molecule has 1 aromatic heterocycles. The van der Waals surface area contributed by atoms with Crippen molar-refractivity contribution in [3.63, 3.8) is 0 Å². The van der Waals surface area contributed by atoms with Crippen molar-refractivity contribution < 1.29 is 34.8 Å². The van der Waals surface area contributed by atoms with E-state index in [1.165, 1.54) is 61.5 Å². The Kier molecular flexibility index (Phi) is 6.72. The molecule has 0 spiro atoms. The second kappa shape index (κ2) is 9.47. The van der Waals surface area contributed by atoms with Crippen molar-refractivity contribution in [1.82, 2.24) is 4.72 Å². The van der Waals surface area contributed by atoms with Gasteiger partial charge in [-0.25, -0.2) is 26.7 Å². The number of nitrogens with one attached hydrogen (secondary N) is 1. The predicted octanol–water partition coefficient (Wildman–Crippen LogP) is 5.47. The average Bonchev–Trinajstić information content (AvgIpc) is 2.81. The fourth-order valence-corrected chi connectivity index (χ4v) is 4.66. The van der Waals surface area contributed by atoms with E-state index < -0.39 is 45.6 Å². The van der Waals surface area contributed by atoms with Crippen LogP contribution in [0.1, 0.15) is 27.8 Å². The van der Waals surface area contributed by atoms with E-state index in [0.717, 1.165) is 0 Å². The van der Waals surface area contributed by atoms with Crippen LogP contribution in [0.25, 0.3) is 11.0 Å². The molecular weight excluding hydrogens is 505 g/mol. The van der Waals surface area contributed by atoms with Gasteiger partial charge in [-0.3, -0.25) is 0 Å². The number of sulfonamides is 1. The number of rotatable bonds is 6. The summed E-state index contributed by atoms with van der Waals surface area (Å²) >= 11 is 0. The van der Waals surface area contributed by atoms with Crippen LogP contribution in [-0.4, -0.2) is 8.42 Å². The van der Waals surface area contributed by atoms with Gasteiger partial charge in [0.05, 0.1) is 10.5 Å². The maximum Gasteiger partial charge on any atom is 0.417 e.